The lowest BCUT2D eigenvalue weighted by Gasteiger charge is -2.15. The number of fused-ring (bicyclic) bond motifs is 1. The maximum atomic E-state index is 6.41. The van der Waals surface area contributed by atoms with Gasteiger partial charge in [0.15, 0.2) is 0 Å². The molecule has 0 aliphatic rings. The van der Waals surface area contributed by atoms with Crippen molar-refractivity contribution in [2.24, 2.45) is 0 Å². The molecular weight excluding hydrogens is 342 g/mol. The number of aryl methyl sites for hydroxylation is 1. The van der Waals surface area contributed by atoms with E-state index in [1.165, 1.54) is 0 Å². The van der Waals surface area contributed by atoms with Crippen LogP contribution in [0.5, 0.6) is 0 Å². The lowest BCUT2D eigenvalue weighted by molar-refractivity contribution is 1.03. The molecule has 4 rings (SSSR count). The molecule has 3 nitrogen and oxygen atoms in total. The molecular formula is C22H18ClN3. The first-order valence-corrected chi connectivity index (χ1v) is 8.90. The fraction of sp³-hybridized carbons (Fsp3) is 0.0909. The van der Waals surface area contributed by atoms with E-state index < -0.39 is 0 Å². The summed E-state index contributed by atoms with van der Waals surface area (Å²) in [6.07, 6.45) is 1.79. The van der Waals surface area contributed by atoms with E-state index in [4.69, 9.17) is 11.6 Å². The van der Waals surface area contributed by atoms with E-state index in [1.54, 1.807) is 6.20 Å². The van der Waals surface area contributed by atoms with Crippen LogP contribution < -0.4 is 5.32 Å². The average Bonchev–Trinajstić information content (AvgIpc) is 2.70. The van der Waals surface area contributed by atoms with Gasteiger partial charge >= 0.3 is 0 Å². The van der Waals surface area contributed by atoms with Crippen molar-refractivity contribution in [1.29, 1.82) is 0 Å². The Hall–Kier alpha value is -2.91. The third-order valence-electron chi connectivity index (χ3n) is 4.47. The van der Waals surface area contributed by atoms with Crippen LogP contribution >= 0.6 is 11.6 Å². The van der Waals surface area contributed by atoms with Crippen LogP contribution in [0.25, 0.3) is 21.9 Å². The van der Waals surface area contributed by atoms with Crippen molar-refractivity contribution in [3.8, 4) is 11.1 Å². The summed E-state index contributed by atoms with van der Waals surface area (Å²) in [7, 11) is 0. The molecule has 0 amide bonds. The Labute approximate surface area is 157 Å². The Balaban J connectivity index is 1.87. The summed E-state index contributed by atoms with van der Waals surface area (Å²) in [5, 5.41) is 6.13. The maximum absolute atomic E-state index is 6.41. The zero-order valence-electron chi connectivity index (χ0n) is 14.4. The summed E-state index contributed by atoms with van der Waals surface area (Å²) in [6, 6.07) is 22.5. The molecule has 26 heavy (non-hydrogen) atoms. The third kappa shape index (κ3) is 3.14. The second-order valence-electron chi connectivity index (χ2n) is 6.15. The van der Waals surface area contributed by atoms with E-state index in [-0.39, 0.29) is 0 Å². The number of pyridine rings is 2. The van der Waals surface area contributed by atoms with Gasteiger partial charge in [-0.1, -0.05) is 66.2 Å². The molecule has 4 heteroatoms. The quantitative estimate of drug-likeness (QED) is 0.463. The molecule has 2 aromatic carbocycles. The highest BCUT2D eigenvalue weighted by atomic mass is 35.5. The molecule has 128 valence electrons. The summed E-state index contributed by atoms with van der Waals surface area (Å²) in [5.74, 6) is 0.778. The number of nitrogens with zero attached hydrogens (tertiary/aromatic N) is 2. The minimum Gasteiger partial charge on any atom is -0.364 e. The second-order valence-corrected chi connectivity index (χ2v) is 6.50. The SMILES string of the molecule is Cc1c(Cl)nc(NCc2ccccn2)c2c(-c3ccccc3)cccc12. The minimum atomic E-state index is 0.520. The summed E-state index contributed by atoms with van der Waals surface area (Å²) in [4.78, 5) is 9.00. The Morgan fingerprint density at radius 2 is 1.73 bits per heavy atom. The highest BCUT2D eigenvalue weighted by Gasteiger charge is 2.14. The van der Waals surface area contributed by atoms with Gasteiger partial charge in [-0.15, -0.1) is 0 Å². The molecule has 0 saturated heterocycles. The van der Waals surface area contributed by atoms with E-state index in [0.717, 1.165) is 39.0 Å². The number of hydrogen-bond acceptors (Lipinski definition) is 3. The third-order valence-corrected chi connectivity index (χ3v) is 4.84. The van der Waals surface area contributed by atoms with Gasteiger partial charge in [-0.2, -0.15) is 0 Å². The molecule has 1 N–H and O–H groups in total. The predicted octanol–water partition coefficient (Wildman–Crippen LogP) is 5.87. The van der Waals surface area contributed by atoms with E-state index in [1.807, 2.05) is 43.3 Å². The molecule has 4 aromatic rings. The van der Waals surface area contributed by atoms with Gasteiger partial charge in [0.1, 0.15) is 11.0 Å². The van der Waals surface area contributed by atoms with Gasteiger partial charge < -0.3 is 5.32 Å². The van der Waals surface area contributed by atoms with Gasteiger partial charge in [-0.25, -0.2) is 4.98 Å². The standard InChI is InChI=1S/C22H18ClN3/c1-15-18-11-7-12-19(16-8-3-2-4-9-16)20(18)22(26-21(15)23)25-14-17-10-5-6-13-24-17/h2-13H,14H2,1H3,(H,25,26). The molecule has 2 heterocycles. The van der Waals surface area contributed by atoms with Crippen LogP contribution in [0, 0.1) is 6.92 Å². The Morgan fingerprint density at radius 1 is 0.923 bits per heavy atom. The normalized spacial score (nSPS) is 10.8. The number of benzene rings is 2. The Bertz CT molecular complexity index is 1050. The number of aromatic nitrogens is 2. The molecule has 0 aliphatic heterocycles. The van der Waals surface area contributed by atoms with Crippen molar-refractivity contribution in [1.82, 2.24) is 9.97 Å². The summed E-state index contributed by atoms with van der Waals surface area (Å²) in [5.41, 5.74) is 4.24. The van der Waals surface area contributed by atoms with Crippen LogP contribution in [-0.2, 0) is 6.54 Å². The first kappa shape index (κ1) is 16.6. The van der Waals surface area contributed by atoms with E-state index in [9.17, 15) is 0 Å². The molecule has 0 spiro atoms. The van der Waals surface area contributed by atoms with Gasteiger partial charge in [0.05, 0.1) is 12.2 Å². The molecule has 0 fully saturated rings. The van der Waals surface area contributed by atoms with Crippen LogP contribution in [-0.4, -0.2) is 9.97 Å². The molecule has 0 unspecified atom stereocenters. The molecule has 0 bridgehead atoms. The lowest BCUT2D eigenvalue weighted by atomic mass is 9.97. The number of nitrogens with one attached hydrogen (secondary N) is 1. The van der Waals surface area contributed by atoms with Crippen molar-refractivity contribution < 1.29 is 0 Å². The zero-order chi connectivity index (χ0) is 17.9. The monoisotopic (exact) mass is 359 g/mol. The fourth-order valence-corrected chi connectivity index (χ4v) is 3.32. The largest absolute Gasteiger partial charge is 0.364 e. The predicted molar refractivity (Wildman–Crippen MR) is 108 cm³/mol. The van der Waals surface area contributed by atoms with Crippen LogP contribution in [0.15, 0.2) is 72.9 Å². The number of anilines is 1. The molecule has 0 atom stereocenters. The zero-order valence-corrected chi connectivity index (χ0v) is 15.2. The molecule has 0 radical (unpaired) electrons. The van der Waals surface area contributed by atoms with Gasteiger partial charge in [0.25, 0.3) is 0 Å². The van der Waals surface area contributed by atoms with Crippen LogP contribution in [0.1, 0.15) is 11.3 Å². The van der Waals surface area contributed by atoms with Crippen molar-refractivity contribution in [2.75, 3.05) is 5.32 Å². The number of hydrogen-bond donors (Lipinski definition) is 1. The first-order valence-electron chi connectivity index (χ1n) is 8.52. The van der Waals surface area contributed by atoms with Crippen molar-refractivity contribution in [2.45, 2.75) is 13.5 Å². The van der Waals surface area contributed by atoms with E-state index in [0.29, 0.717) is 11.7 Å². The topological polar surface area (TPSA) is 37.8 Å². The molecule has 2 aromatic heterocycles. The average molecular weight is 360 g/mol. The first-order chi connectivity index (χ1) is 12.7. The van der Waals surface area contributed by atoms with Crippen molar-refractivity contribution >= 4 is 28.2 Å². The highest BCUT2D eigenvalue weighted by molar-refractivity contribution is 6.31. The van der Waals surface area contributed by atoms with Gasteiger partial charge in [0.2, 0.25) is 0 Å². The number of halogens is 1. The highest BCUT2D eigenvalue weighted by Crippen LogP contribution is 2.36. The summed E-state index contributed by atoms with van der Waals surface area (Å²) >= 11 is 6.41. The lowest BCUT2D eigenvalue weighted by Crippen LogP contribution is -2.05. The minimum absolute atomic E-state index is 0.520. The second kappa shape index (κ2) is 7.14. The maximum Gasteiger partial charge on any atom is 0.136 e. The summed E-state index contributed by atoms with van der Waals surface area (Å²) < 4.78 is 0. The van der Waals surface area contributed by atoms with Crippen molar-refractivity contribution in [3.05, 3.63) is 89.3 Å². The Kier molecular flexibility index (Phi) is 4.55. The van der Waals surface area contributed by atoms with Crippen LogP contribution in [0.2, 0.25) is 5.15 Å². The molecule has 0 saturated carbocycles. The van der Waals surface area contributed by atoms with E-state index in [2.05, 4.69) is 45.6 Å². The van der Waals surface area contributed by atoms with E-state index >= 15 is 0 Å². The molecule has 0 aliphatic carbocycles. The fourth-order valence-electron chi connectivity index (χ4n) is 3.13. The van der Waals surface area contributed by atoms with Gasteiger partial charge in [-0.3, -0.25) is 4.98 Å². The Morgan fingerprint density at radius 3 is 2.50 bits per heavy atom. The summed E-state index contributed by atoms with van der Waals surface area (Å²) in [6.45, 7) is 2.60. The number of rotatable bonds is 4. The van der Waals surface area contributed by atoms with Gasteiger partial charge in [-0.05, 0) is 41.1 Å². The smallest absolute Gasteiger partial charge is 0.136 e. The van der Waals surface area contributed by atoms with Crippen LogP contribution in [0.3, 0.4) is 0 Å². The van der Waals surface area contributed by atoms with Crippen molar-refractivity contribution in [3.63, 3.8) is 0 Å². The van der Waals surface area contributed by atoms with Crippen LogP contribution in [0.4, 0.5) is 5.82 Å². The van der Waals surface area contributed by atoms with Gasteiger partial charge in [0, 0.05) is 11.6 Å².